The molecular formula is C23H27N5. The third kappa shape index (κ3) is 4.80. The van der Waals surface area contributed by atoms with E-state index >= 15 is 0 Å². The molecule has 0 radical (unpaired) electrons. The number of nitrogens with one attached hydrogen (secondary N) is 2. The Bertz CT molecular complexity index is 871. The van der Waals surface area contributed by atoms with Gasteiger partial charge in [-0.15, -0.1) is 0 Å². The highest BCUT2D eigenvalue weighted by Crippen LogP contribution is 2.25. The summed E-state index contributed by atoms with van der Waals surface area (Å²) in [6, 6.07) is 20.7. The molecule has 0 aliphatic carbocycles. The Hall–Kier alpha value is -3.08. The summed E-state index contributed by atoms with van der Waals surface area (Å²) in [5, 5.41) is 6.64. The lowest BCUT2D eigenvalue weighted by molar-refractivity contribution is 0.438. The van der Waals surface area contributed by atoms with Crippen LogP contribution in [0, 0.1) is 5.92 Å². The largest absolute Gasteiger partial charge is 0.372 e. The maximum absolute atomic E-state index is 4.56. The van der Waals surface area contributed by atoms with E-state index in [2.05, 4.69) is 68.8 Å². The maximum Gasteiger partial charge on any atom is 0.224 e. The van der Waals surface area contributed by atoms with Gasteiger partial charge in [0.25, 0.3) is 0 Å². The van der Waals surface area contributed by atoms with Gasteiger partial charge in [-0.05, 0) is 54.7 Å². The van der Waals surface area contributed by atoms with Gasteiger partial charge in [0.2, 0.25) is 5.95 Å². The molecule has 0 saturated carbocycles. The molecule has 1 fully saturated rings. The first-order chi connectivity index (χ1) is 13.8. The first kappa shape index (κ1) is 18.3. The molecule has 2 heterocycles. The number of nitrogens with zero attached hydrogens (tertiary/aromatic N) is 3. The van der Waals surface area contributed by atoms with E-state index in [-0.39, 0.29) is 0 Å². The predicted molar refractivity (Wildman–Crippen MR) is 116 cm³/mol. The van der Waals surface area contributed by atoms with E-state index in [1.165, 1.54) is 24.1 Å². The minimum absolute atomic E-state index is 0.618. The van der Waals surface area contributed by atoms with E-state index in [1.807, 2.05) is 24.3 Å². The Balaban J connectivity index is 1.36. The molecule has 2 N–H and O–H groups in total. The first-order valence-corrected chi connectivity index (χ1v) is 9.99. The zero-order chi connectivity index (χ0) is 19.2. The van der Waals surface area contributed by atoms with Gasteiger partial charge in [0.05, 0.1) is 0 Å². The monoisotopic (exact) mass is 373 g/mol. The first-order valence-electron chi connectivity index (χ1n) is 9.99. The second-order valence-electron chi connectivity index (χ2n) is 7.45. The molecule has 1 aliphatic rings. The normalized spacial score (nSPS) is 14.7. The van der Waals surface area contributed by atoms with Crippen LogP contribution in [0.25, 0.3) is 0 Å². The van der Waals surface area contributed by atoms with Crippen LogP contribution in [-0.2, 0) is 6.54 Å². The van der Waals surface area contributed by atoms with E-state index in [9.17, 15) is 0 Å². The molecule has 0 amide bonds. The molecule has 0 unspecified atom stereocenters. The second kappa shape index (κ2) is 8.74. The average molecular weight is 374 g/mol. The van der Waals surface area contributed by atoms with Crippen molar-refractivity contribution in [3.05, 3.63) is 72.4 Å². The van der Waals surface area contributed by atoms with Gasteiger partial charge in [0.1, 0.15) is 5.82 Å². The van der Waals surface area contributed by atoms with E-state index < -0.39 is 0 Å². The summed E-state index contributed by atoms with van der Waals surface area (Å²) in [6.07, 6.45) is 4.32. The number of hydrogen-bond donors (Lipinski definition) is 2. The van der Waals surface area contributed by atoms with Crippen LogP contribution >= 0.6 is 0 Å². The fourth-order valence-electron chi connectivity index (χ4n) is 3.46. The molecule has 5 nitrogen and oxygen atoms in total. The van der Waals surface area contributed by atoms with Gasteiger partial charge in [-0.25, -0.2) is 4.98 Å². The van der Waals surface area contributed by atoms with Crippen LogP contribution < -0.4 is 15.5 Å². The van der Waals surface area contributed by atoms with Gasteiger partial charge >= 0.3 is 0 Å². The minimum atomic E-state index is 0.618. The molecule has 0 spiro atoms. The van der Waals surface area contributed by atoms with Crippen molar-refractivity contribution < 1.29 is 0 Å². The molecule has 1 saturated heterocycles. The van der Waals surface area contributed by atoms with Crippen LogP contribution in [0.4, 0.5) is 23.1 Å². The number of hydrogen-bond acceptors (Lipinski definition) is 5. The molecule has 28 heavy (non-hydrogen) atoms. The molecule has 3 aromatic rings. The summed E-state index contributed by atoms with van der Waals surface area (Å²) in [6.45, 7) is 5.34. The van der Waals surface area contributed by atoms with Gasteiger partial charge in [-0.3, -0.25) is 0 Å². The SMILES string of the molecule is CC1CCN(c2ccc(Nc3ccnc(NCc4ccccc4)n3)cc2)CC1. The molecule has 2 aromatic carbocycles. The Kier molecular flexibility index (Phi) is 5.71. The highest BCUT2D eigenvalue weighted by Gasteiger charge is 2.15. The van der Waals surface area contributed by atoms with Crippen LogP contribution in [0.15, 0.2) is 66.9 Å². The number of rotatable bonds is 6. The quantitative estimate of drug-likeness (QED) is 0.632. The number of benzene rings is 2. The van der Waals surface area contributed by atoms with Gasteiger partial charge in [0.15, 0.2) is 0 Å². The number of piperidine rings is 1. The summed E-state index contributed by atoms with van der Waals surface area (Å²) in [5.41, 5.74) is 3.53. The van der Waals surface area contributed by atoms with E-state index in [1.54, 1.807) is 6.20 Å². The van der Waals surface area contributed by atoms with Crippen LogP contribution in [0.5, 0.6) is 0 Å². The third-order valence-electron chi connectivity index (χ3n) is 5.24. The fourth-order valence-corrected chi connectivity index (χ4v) is 3.46. The molecule has 1 aromatic heterocycles. The van der Waals surface area contributed by atoms with Crippen molar-refractivity contribution in [3.63, 3.8) is 0 Å². The standard InChI is InChI=1S/C23H27N5/c1-18-12-15-28(16-13-18)21-9-7-20(8-10-21)26-22-11-14-24-23(27-22)25-17-19-5-3-2-4-6-19/h2-11,14,18H,12-13,15-17H2,1H3,(H2,24,25,26,27). The second-order valence-corrected chi connectivity index (χ2v) is 7.45. The summed E-state index contributed by atoms with van der Waals surface area (Å²) < 4.78 is 0. The molecule has 0 bridgehead atoms. The average Bonchev–Trinajstić information content (AvgIpc) is 2.75. The Morgan fingerprint density at radius 1 is 0.964 bits per heavy atom. The van der Waals surface area contributed by atoms with Crippen molar-refractivity contribution in [2.24, 2.45) is 5.92 Å². The maximum atomic E-state index is 4.56. The molecule has 5 heteroatoms. The molecule has 1 aliphatic heterocycles. The summed E-state index contributed by atoms with van der Waals surface area (Å²) in [4.78, 5) is 11.3. The summed E-state index contributed by atoms with van der Waals surface area (Å²) in [5.74, 6) is 2.25. The van der Waals surface area contributed by atoms with E-state index in [0.717, 1.165) is 30.5 Å². The lowest BCUT2D eigenvalue weighted by Gasteiger charge is -2.32. The van der Waals surface area contributed by atoms with Crippen LogP contribution in [-0.4, -0.2) is 23.1 Å². The molecule has 144 valence electrons. The highest BCUT2D eigenvalue weighted by molar-refractivity contribution is 5.61. The Morgan fingerprint density at radius 3 is 2.46 bits per heavy atom. The highest BCUT2D eigenvalue weighted by atomic mass is 15.1. The Morgan fingerprint density at radius 2 is 1.71 bits per heavy atom. The van der Waals surface area contributed by atoms with Gasteiger partial charge in [-0.2, -0.15) is 4.98 Å². The Labute approximate surface area is 166 Å². The van der Waals surface area contributed by atoms with Crippen molar-refractivity contribution in [3.8, 4) is 0 Å². The van der Waals surface area contributed by atoms with Crippen LogP contribution in [0.3, 0.4) is 0 Å². The topological polar surface area (TPSA) is 53.1 Å². The molecule has 0 atom stereocenters. The zero-order valence-electron chi connectivity index (χ0n) is 16.3. The molecule has 4 rings (SSSR count). The minimum Gasteiger partial charge on any atom is -0.372 e. The van der Waals surface area contributed by atoms with E-state index in [4.69, 9.17) is 0 Å². The van der Waals surface area contributed by atoms with Crippen LogP contribution in [0.1, 0.15) is 25.3 Å². The predicted octanol–water partition coefficient (Wildman–Crippen LogP) is 5.07. The van der Waals surface area contributed by atoms with Crippen LogP contribution in [0.2, 0.25) is 0 Å². The zero-order valence-corrected chi connectivity index (χ0v) is 16.3. The number of aromatic nitrogens is 2. The summed E-state index contributed by atoms with van der Waals surface area (Å²) >= 11 is 0. The third-order valence-corrected chi connectivity index (χ3v) is 5.24. The van der Waals surface area contributed by atoms with Crippen molar-refractivity contribution in [2.45, 2.75) is 26.3 Å². The van der Waals surface area contributed by atoms with Crippen molar-refractivity contribution in [2.75, 3.05) is 28.6 Å². The van der Waals surface area contributed by atoms with Gasteiger partial charge in [-0.1, -0.05) is 37.3 Å². The smallest absolute Gasteiger partial charge is 0.224 e. The lowest BCUT2D eigenvalue weighted by atomic mass is 9.99. The lowest BCUT2D eigenvalue weighted by Crippen LogP contribution is -2.32. The summed E-state index contributed by atoms with van der Waals surface area (Å²) in [7, 11) is 0. The number of anilines is 4. The van der Waals surface area contributed by atoms with Crippen molar-refractivity contribution >= 4 is 23.1 Å². The fraction of sp³-hybridized carbons (Fsp3) is 0.304. The van der Waals surface area contributed by atoms with Crippen molar-refractivity contribution in [1.29, 1.82) is 0 Å². The van der Waals surface area contributed by atoms with Crippen molar-refractivity contribution in [1.82, 2.24) is 9.97 Å². The van der Waals surface area contributed by atoms with Gasteiger partial charge in [0, 0.05) is 37.2 Å². The van der Waals surface area contributed by atoms with E-state index in [0.29, 0.717) is 12.5 Å². The van der Waals surface area contributed by atoms with Gasteiger partial charge < -0.3 is 15.5 Å². The molecular weight excluding hydrogens is 346 g/mol.